The molecular weight excluding hydrogens is 160 g/mol. The lowest BCUT2D eigenvalue weighted by Gasteiger charge is -2.17. The summed E-state index contributed by atoms with van der Waals surface area (Å²) in [6, 6.07) is 0. The molecule has 0 spiro atoms. The van der Waals surface area contributed by atoms with E-state index < -0.39 is 11.6 Å². The maximum Gasteiger partial charge on any atom is 0.337 e. The minimum Gasteiger partial charge on any atom is -0.479 e. The molecule has 0 bridgehead atoms. The fourth-order valence-electron chi connectivity index (χ4n) is 0.579. The second-order valence-electron chi connectivity index (χ2n) is 2.99. The highest BCUT2D eigenvalue weighted by molar-refractivity contribution is 5.76. The summed E-state index contributed by atoms with van der Waals surface area (Å²) in [5.41, 5.74) is -1.76. The van der Waals surface area contributed by atoms with Crippen molar-refractivity contribution in [1.82, 2.24) is 0 Å². The van der Waals surface area contributed by atoms with Gasteiger partial charge in [-0.05, 0) is 13.3 Å². The molecule has 0 saturated heterocycles. The maximum absolute atomic E-state index is 10.4. The number of carboxylic acid groups (broad SMARTS) is 1. The Balaban J connectivity index is 3.54. The summed E-state index contributed by atoms with van der Waals surface area (Å²) in [7, 11) is 0. The van der Waals surface area contributed by atoms with Gasteiger partial charge in [0.15, 0.2) is 5.60 Å². The Morgan fingerprint density at radius 3 is 2.58 bits per heavy atom. The molecule has 0 fully saturated rings. The monoisotopic (exact) mass is 176 g/mol. The third-order valence-electron chi connectivity index (χ3n) is 1.49. The van der Waals surface area contributed by atoms with Crippen molar-refractivity contribution in [1.29, 1.82) is 0 Å². The summed E-state index contributed by atoms with van der Waals surface area (Å²) in [5, 5.41) is 17.6. The van der Waals surface area contributed by atoms with E-state index in [0.717, 1.165) is 12.8 Å². The van der Waals surface area contributed by atoms with Crippen LogP contribution in [0.2, 0.25) is 0 Å². The lowest BCUT2D eigenvalue weighted by atomic mass is 10.1. The van der Waals surface area contributed by atoms with Gasteiger partial charge in [-0.3, -0.25) is 0 Å². The van der Waals surface area contributed by atoms with Crippen LogP contribution in [0.5, 0.6) is 0 Å². The highest BCUT2D eigenvalue weighted by atomic mass is 16.5. The van der Waals surface area contributed by atoms with Crippen molar-refractivity contribution < 1.29 is 19.7 Å². The fraction of sp³-hybridized carbons (Fsp3) is 0.875. The molecule has 0 heterocycles. The second-order valence-corrected chi connectivity index (χ2v) is 2.99. The number of unbranched alkanes of at least 4 members (excludes halogenated alkanes) is 1. The van der Waals surface area contributed by atoms with Crippen molar-refractivity contribution in [2.75, 3.05) is 13.2 Å². The number of rotatable bonds is 6. The predicted octanol–water partition coefficient (Wildman–Crippen LogP) is 0.639. The molecule has 0 aromatic carbocycles. The lowest BCUT2D eigenvalue weighted by molar-refractivity contribution is -0.162. The molecular formula is C8H16O4. The van der Waals surface area contributed by atoms with Crippen LogP contribution in [0.1, 0.15) is 26.7 Å². The van der Waals surface area contributed by atoms with Gasteiger partial charge in [0.2, 0.25) is 0 Å². The third-order valence-corrected chi connectivity index (χ3v) is 1.49. The Hall–Kier alpha value is -0.610. The summed E-state index contributed by atoms with van der Waals surface area (Å²) < 4.78 is 4.97. The van der Waals surface area contributed by atoms with E-state index >= 15 is 0 Å². The lowest BCUT2D eigenvalue weighted by Crippen LogP contribution is -2.39. The van der Waals surface area contributed by atoms with E-state index in [0.29, 0.717) is 6.61 Å². The van der Waals surface area contributed by atoms with Crippen molar-refractivity contribution in [3.8, 4) is 0 Å². The molecule has 0 aliphatic heterocycles. The van der Waals surface area contributed by atoms with Gasteiger partial charge in [0.1, 0.15) is 0 Å². The average molecular weight is 176 g/mol. The number of hydrogen-bond acceptors (Lipinski definition) is 3. The van der Waals surface area contributed by atoms with Gasteiger partial charge >= 0.3 is 5.97 Å². The van der Waals surface area contributed by atoms with Gasteiger partial charge in [0.25, 0.3) is 0 Å². The first-order valence-electron chi connectivity index (χ1n) is 4.04. The smallest absolute Gasteiger partial charge is 0.337 e. The van der Waals surface area contributed by atoms with Crippen LogP contribution in [0.15, 0.2) is 0 Å². The quantitative estimate of drug-likeness (QED) is 0.583. The first kappa shape index (κ1) is 11.4. The summed E-state index contributed by atoms with van der Waals surface area (Å²) in [4.78, 5) is 10.4. The van der Waals surface area contributed by atoms with E-state index in [1.165, 1.54) is 6.92 Å². The average Bonchev–Trinajstić information content (AvgIpc) is 1.98. The molecule has 72 valence electrons. The summed E-state index contributed by atoms with van der Waals surface area (Å²) in [5.74, 6) is -1.25. The largest absolute Gasteiger partial charge is 0.479 e. The van der Waals surface area contributed by atoms with Gasteiger partial charge in [-0.1, -0.05) is 13.3 Å². The van der Waals surface area contributed by atoms with Gasteiger partial charge in [-0.15, -0.1) is 0 Å². The van der Waals surface area contributed by atoms with E-state index in [1.54, 1.807) is 0 Å². The van der Waals surface area contributed by atoms with E-state index in [-0.39, 0.29) is 6.61 Å². The van der Waals surface area contributed by atoms with Crippen molar-refractivity contribution in [2.24, 2.45) is 0 Å². The standard InChI is InChI=1S/C8H16O4/c1-3-4-5-12-6-8(2,11)7(9)10/h11H,3-6H2,1-2H3,(H,9,10). The summed E-state index contributed by atoms with van der Waals surface area (Å²) in [6.45, 7) is 3.59. The zero-order valence-electron chi connectivity index (χ0n) is 7.54. The zero-order chi connectivity index (χ0) is 9.61. The second kappa shape index (κ2) is 5.11. The number of carboxylic acids is 1. The van der Waals surface area contributed by atoms with Crippen LogP contribution in [0.3, 0.4) is 0 Å². The number of carbonyl (C=O) groups is 1. The van der Waals surface area contributed by atoms with E-state index in [2.05, 4.69) is 0 Å². The van der Waals surface area contributed by atoms with Crippen LogP contribution in [0.4, 0.5) is 0 Å². The zero-order valence-corrected chi connectivity index (χ0v) is 7.54. The fourth-order valence-corrected chi connectivity index (χ4v) is 0.579. The molecule has 4 nitrogen and oxygen atoms in total. The van der Waals surface area contributed by atoms with Crippen molar-refractivity contribution >= 4 is 5.97 Å². The predicted molar refractivity (Wildman–Crippen MR) is 44.0 cm³/mol. The minimum atomic E-state index is -1.76. The van der Waals surface area contributed by atoms with Crippen LogP contribution < -0.4 is 0 Å². The molecule has 0 aromatic heterocycles. The van der Waals surface area contributed by atoms with Crippen molar-refractivity contribution in [2.45, 2.75) is 32.3 Å². The molecule has 0 radical (unpaired) electrons. The molecule has 4 heteroatoms. The highest BCUT2D eigenvalue weighted by Gasteiger charge is 2.29. The van der Waals surface area contributed by atoms with Gasteiger partial charge in [0.05, 0.1) is 6.61 Å². The van der Waals surface area contributed by atoms with E-state index in [4.69, 9.17) is 14.9 Å². The molecule has 0 aliphatic carbocycles. The molecule has 1 atom stereocenters. The number of aliphatic carboxylic acids is 1. The highest BCUT2D eigenvalue weighted by Crippen LogP contribution is 2.04. The molecule has 0 saturated carbocycles. The first-order valence-corrected chi connectivity index (χ1v) is 4.04. The van der Waals surface area contributed by atoms with Gasteiger partial charge in [0, 0.05) is 6.61 Å². The van der Waals surface area contributed by atoms with Crippen molar-refractivity contribution in [3.05, 3.63) is 0 Å². The molecule has 0 aliphatic rings. The Labute approximate surface area is 72.2 Å². The number of hydrogen-bond donors (Lipinski definition) is 2. The Kier molecular flexibility index (Phi) is 4.85. The van der Waals surface area contributed by atoms with E-state index in [1.807, 2.05) is 6.92 Å². The van der Waals surface area contributed by atoms with Gasteiger partial charge < -0.3 is 14.9 Å². The van der Waals surface area contributed by atoms with Crippen LogP contribution >= 0.6 is 0 Å². The van der Waals surface area contributed by atoms with Crippen LogP contribution in [0, 0.1) is 0 Å². The van der Waals surface area contributed by atoms with Crippen LogP contribution in [-0.4, -0.2) is 35.0 Å². The maximum atomic E-state index is 10.4. The van der Waals surface area contributed by atoms with E-state index in [9.17, 15) is 4.79 Å². The molecule has 0 aromatic rings. The van der Waals surface area contributed by atoms with Gasteiger partial charge in [-0.2, -0.15) is 0 Å². The Morgan fingerprint density at radius 2 is 2.17 bits per heavy atom. The topological polar surface area (TPSA) is 66.8 Å². The minimum absolute atomic E-state index is 0.150. The Morgan fingerprint density at radius 1 is 1.58 bits per heavy atom. The molecule has 0 amide bonds. The SMILES string of the molecule is CCCCOCC(C)(O)C(=O)O. The summed E-state index contributed by atoms with van der Waals surface area (Å²) in [6.07, 6.45) is 1.88. The number of ether oxygens (including phenoxy) is 1. The first-order chi connectivity index (χ1) is 5.50. The molecule has 0 rings (SSSR count). The Bertz CT molecular complexity index is 142. The van der Waals surface area contributed by atoms with Gasteiger partial charge in [-0.25, -0.2) is 4.79 Å². The number of aliphatic hydroxyl groups is 1. The third kappa shape index (κ3) is 4.31. The molecule has 1 unspecified atom stereocenters. The molecule has 2 N–H and O–H groups in total. The normalized spacial score (nSPS) is 15.6. The summed E-state index contributed by atoms with van der Waals surface area (Å²) >= 11 is 0. The van der Waals surface area contributed by atoms with Crippen LogP contribution in [-0.2, 0) is 9.53 Å². The van der Waals surface area contributed by atoms with Crippen LogP contribution in [0.25, 0.3) is 0 Å². The molecule has 12 heavy (non-hydrogen) atoms. The van der Waals surface area contributed by atoms with Crippen molar-refractivity contribution in [3.63, 3.8) is 0 Å².